The molecule has 4 rings (SSSR count). The summed E-state index contributed by atoms with van der Waals surface area (Å²) in [5.41, 5.74) is 7.13. The molecule has 9 heteroatoms. The molecule has 0 saturated heterocycles. The average Bonchev–Trinajstić information content (AvgIpc) is 3.29. The van der Waals surface area contributed by atoms with Gasteiger partial charge < -0.3 is 4.74 Å². The maximum atomic E-state index is 13.5. The van der Waals surface area contributed by atoms with Crippen LogP contribution in [-0.4, -0.2) is 41.6 Å². The van der Waals surface area contributed by atoms with Gasteiger partial charge in [-0.2, -0.15) is 10.2 Å². The molecule has 0 atom stereocenters. The third-order valence-electron chi connectivity index (χ3n) is 6.10. The molecule has 8 nitrogen and oxygen atoms in total. The Morgan fingerprint density at radius 1 is 1.08 bits per heavy atom. The maximum Gasteiger partial charge on any atom is 0.310 e. The zero-order valence-corrected chi connectivity index (χ0v) is 21.5. The van der Waals surface area contributed by atoms with E-state index in [4.69, 9.17) is 9.84 Å². The molecule has 36 heavy (non-hydrogen) atoms. The molecule has 0 saturated carbocycles. The summed E-state index contributed by atoms with van der Waals surface area (Å²) in [6.07, 6.45) is 2.80. The molecule has 0 aliphatic carbocycles. The summed E-state index contributed by atoms with van der Waals surface area (Å²) in [7, 11) is 1.90. The van der Waals surface area contributed by atoms with Crippen LogP contribution in [0.3, 0.4) is 0 Å². The number of carbonyl (C=O) groups is 1. The molecule has 0 radical (unpaired) electrons. The van der Waals surface area contributed by atoms with Gasteiger partial charge >= 0.3 is 5.97 Å². The van der Waals surface area contributed by atoms with E-state index in [9.17, 15) is 9.18 Å². The lowest BCUT2D eigenvalue weighted by Gasteiger charge is -2.09. The lowest BCUT2D eigenvalue weighted by molar-refractivity contribution is -0.146. The number of hydrogen-bond donors (Lipinski definition) is 0. The lowest BCUT2D eigenvalue weighted by Crippen LogP contribution is -2.14. The van der Waals surface area contributed by atoms with Crippen molar-refractivity contribution in [2.75, 3.05) is 0 Å². The quantitative estimate of drug-likeness (QED) is 0.339. The molecule has 4 aromatic rings. The molecule has 3 heterocycles. The monoisotopic (exact) mass is 490 g/mol. The highest BCUT2D eigenvalue weighted by molar-refractivity contribution is 5.73. The smallest absolute Gasteiger partial charge is 0.310 e. The molecule has 0 unspecified atom stereocenters. The number of esters is 1. The van der Waals surface area contributed by atoms with Gasteiger partial charge in [0.1, 0.15) is 12.1 Å². The second kappa shape index (κ2) is 10.4. The Bertz CT molecular complexity index is 1390. The summed E-state index contributed by atoms with van der Waals surface area (Å²) in [4.78, 5) is 21.1. The second-order valence-corrected chi connectivity index (χ2v) is 9.08. The van der Waals surface area contributed by atoms with Crippen LogP contribution in [0.2, 0.25) is 0 Å². The molecule has 0 N–H and O–H groups in total. The first kappa shape index (κ1) is 25.2. The number of aromatic nitrogens is 6. The van der Waals surface area contributed by atoms with Crippen LogP contribution in [0.25, 0.3) is 17.1 Å². The van der Waals surface area contributed by atoms with Crippen LogP contribution in [0, 0.1) is 19.7 Å². The van der Waals surface area contributed by atoms with Crippen molar-refractivity contribution < 1.29 is 13.9 Å². The van der Waals surface area contributed by atoms with E-state index in [-0.39, 0.29) is 24.3 Å². The molecular weight excluding hydrogens is 459 g/mol. The van der Waals surface area contributed by atoms with Crippen molar-refractivity contribution >= 4 is 5.97 Å². The van der Waals surface area contributed by atoms with Gasteiger partial charge in [-0.05, 0) is 58.4 Å². The van der Waals surface area contributed by atoms with Gasteiger partial charge in [0.15, 0.2) is 5.82 Å². The normalized spacial score (nSPS) is 11.3. The van der Waals surface area contributed by atoms with Gasteiger partial charge in [0.25, 0.3) is 0 Å². The van der Waals surface area contributed by atoms with E-state index in [1.165, 1.54) is 18.5 Å². The van der Waals surface area contributed by atoms with Gasteiger partial charge in [-0.25, -0.2) is 19.0 Å². The predicted octanol–water partition coefficient (Wildman–Crippen LogP) is 4.47. The zero-order chi connectivity index (χ0) is 26.0. The largest absolute Gasteiger partial charge is 0.463 e. The summed E-state index contributed by atoms with van der Waals surface area (Å²) < 4.78 is 22.3. The Labute approximate surface area is 210 Å². The highest BCUT2D eigenvalue weighted by Crippen LogP contribution is 2.28. The number of nitrogens with zero attached hydrogens (tertiary/aromatic N) is 6. The van der Waals surface area contributed by atoms with E-state index in [1.54, 1.807) is 16.8 Å². The fraction of sp³-hybridized carbons (Fsp3) is 0.370. The number of hydrogen-bond acceptors (Lipinski definition) is 6. The van der Waals surface area contributed by atoms with Gasteiger partial charge in [-0.3, -0.25) is 9.48 Å². The molecule has 3 aromatic heterocycles. The van der Waals surface area contributed by atoms with Crippen LogP contribution in [0.5, 0.6) is 0 Å². The SMILES string of the molecule is CCc1c(Cc2cc(-n3nc(C)c(CC(=O)OC(C)C)c3C)ncn2)nn(C)c1-c1ccc(F)cc1. The number of rotatable bonds is 8. The predicted molar refractivity (Wildman–Crippen MR) is 134 cm³/mol. The van der Waals surface area contributed by atoms with Gasteiger partial charge in [-0.1, -0.05) is 6.92 Å². The molecule has 0 fully saturated rings. The van der Waals surface area contributed by atoms with E-state index >= 15 is 0 Å². The van der Waals surface area contributed by atoms with Crippen molar-refractivity contribution in [2.24, 2.45) is 7.05 Å². The maximum absolute atomic E-state index is 13.5. The van der Waals surface area contributed by atoms with E-state index in [0.29, 0.717) is 12.2 Å². The minimum atomic E-state index is -0.279. The van der Waals surface area contributed by atoms with Crippen molar-refractivity contribution in [1.29, 1.82) is 0 Å². The molecule has 1 aromatic carbocycles. The Balaban J connectivity index is 1.63. The number of carbonyl (C=O) groups excluding carboxylic acids is 1. The summed E-state index contributed by atoms with van der Waals surface area (Å²) in [6, 6.07) is 8.36. The van der Waals surface area contributed by atoms with Crippen molar-refractivity contribution in [1.82, 2.24) is 29.5 Å². The molecule has 188 valence electrons. The Morgan fingerprint density at radius 2 is 1.81 bits per heavy atom. The topological polar surface area (TPSA) is 87.7 Å². The summed E-state index contributed by atoms with van der Waals surface area (Å²) in [6.45, 7) is 9.54. The molecule has 0 bridgehead atoms. The molecule has 0 aliphatic heterocycles. The van der Waals surface area contributed by atoms with E-state index < -0.39 is 0 Å². The molecule has 0 amide bonds. The van der Waals surface area contributed by atoms with Crippen LogP contribution in [-0.2, 0) is 35.8 Å². The zero-order valence-electron chi connectivity index (χ0n) is 21.5. The van der Waals surface area contributed by atoms with Gasteiger partial charge in [0, 0.05) is 41.9 Å². The highest BCUT2D eigenvalue weighted by atomic mass is 19.1. The Hall–Kier alpha value is -3.88. The van der Waals surface area contributed by atoms with Crippen molar-refractivity contribution in [3.63, 3.8) is 0 Å². The van der Waals surface area contributed by atoms with Crippen molar-refractivity contribution in [3.05, 3.63) is 76.4 Å². The van der Waals surface area contributed by atoms with Crippen LogP contribution in [0.4, 0.5) is 4.39 Å². The highest BCUT2D eigenvalue weighted by Gasteiger charge is 2.20. The van der Waals surface area contributed by atoms with E-state index in [1.807, 2.05) is 45.5 Å². The summed E-state index contributed by atoms with van der Waals surface area (Å²) >= 11 is 0. The second-order valence-electron chi connectivity index (χ2n) is 9.08. The van der Waals surface area contributed by atoms with Crippen LogP contribution in [0.15, 0.2) is 36.7 Å². The Morgan fingerprint density at radius 3 is 2.47 bits per heavy atom. The lowest BCUT2D eigenvalue weighted by atomic mass is 10.0. The third kappa shape index (κ3) is 5.19. The third-order valence-corrected chi connectivity index (χ3v) is 6.10. The minimum Gasteiger partial charge on any atom is -0.463 e. The first-order valence-electron chi connectivity index (χ1n) is 12.0. The van der Waals surface area contributed by atoms with Gasteiger partial charge in [0.2, 0.25) is 0 Å². The molecule has 0 aliphatic rings. The fourth-order valence-corrected chi connectivity index (χ4v) is 4.48. The van der Waals surface area contributed by atoms with Crippen molar-refractivity contribution in [3.8, 4) is 17.1 Å². The van der Waals surface area contributed by atoms with Crippen LogP contribution < -0.4 is 0 Å². The van der Waals surface area contributed by atoms with E-state index in [2.05, 4.69) is 22.0 Å². The summed E-state index contributed by atoms with van der Waals surface area (Å²) in [5.74, 6) is 0.0759. The molecule has 0 spiro atoms. The first-order valence-corrected chi connectivity index (χ1v) is 12.0. The number of halogens is 1. The number of benzene rings is 1. The summed E-state index contributed by atoms with van der Waals surface area (Å²) in [5, 5.41) is 9.39. The minimum absolute atomic E-state index is 0.160. The van der Waals surface area contributed by atoms with Crippen LogP contribution >= 0.6 is 0 Å². The van der Waals surface area contributed by atoms with Crippen molar-refractivity contribution in [2.45, 2.75) is 60.0 Å². The standard InChI is InChI=1S/C27H31FN6O2/c1-7-22-24(32-33(6)27(22)19-8-10-20(28)11-9-19)12-21-13-25(30-15-29-21)34-18(5)23(17(4)31-34)14-26(35)36-16(2)3/h8-11,13,15-16H,7,12,14H2,1-6H3. The first-order chi connectivity index (χ1) is 17.2. The van der Waals surface area contributed by atoms with Gasteiger partial charge in [0.05, 0.1) is 35.3 Å². The van der Waals surface area contributed by atoms with E-state index in [0.717, 1.165) is 51.6 Å². The average molecular weight is 491 g/mol. The number of ether oxygens (including phenoxy) is 1. The number of aryl methyl sites for hydroxylation is 2. The van der Waals surface area contributed by atoms with Gasteiger partial charge in [-0.15, -0.1) is 0 Å². The fourth-order valence-electron chi connectivity index (χ4n) is 4.48. The molecular formula is C27H31FN6O2. The Kier molecular flexibility index (Phi) is 7.28. The van der Waals surface area contributed by atoms with Crippen LogP contribution in [0.1, 0.15) is 54.7 Å².